The SMILES string of the molecule is CCOC1(C(=O)Nc2ccc(OCCBr)cc2)CCCC(C)C1. The van der Waals surface area contributed by atoms with Crippen molar-refractivity contribution in [3.05, 3.63) is 24.3 Å². The number of anilines is 1. The Hall–Kier alpha value is -1.07. The van der Waals surface area contributed by atoms with Gasteiger partial charge in [0.1, 0.15) is 11.4 Å². The van der Waals surface area contributed by atoms with Crippen molar-refractivity contribution in [2.75, 3.05) is 23.9 Å². The molecule has 1 aromatic rings. The van der Waals surface area contributed by atoms with Crippen molar-refractivity contribution < 1.29 is 14.3 Å². The summed E-state index contributed by atoms with van der Waals surface area (Å²) in [6.07, 6.45) is 3.79. The largest absolute Gasteiger partial charge is 0.493 e. The monoisotopic (exact) mass is 383 g/mol. The van der Waals surface area contributed by atoms with E-state index < -0.39 is 5.60 Å². The number of hydrogen-bond donors (Lipinski definition) is 1. The number of ether oxygens (including phenoxy) is 2. The van der Waals surface area contributed by atoms with Gasteiger partial charge in [0.05, 0.1) is 6.61 Å². The Kier molecular flexibility index (Phi) is 6.90. The first-order chi connectivity index (χ1) is 11.1. The van der Waals surface area contributed by atoms with Gasteiger partial charge in [-0.05, 0) is 56.4 Å². The second-order valence-electron chi connectivity index (χ2n) is 6.14. The molecular weight excluding hydrogens is 358 g/mol. The molecule has 1 aliphatic carbocycles. The van der Waals surface area contributed by atoms with Crippen LogP contribution in [-0.2, 0) is 9.53 Å². The molecule has 0 bridgehead atoms. The fourth-order valence-electron chi connectivity index (χ4n) is 3.22. The first-order valence-electron chi connectivity index (χ1n) is 8.34. The lowest BCUT2D eigenvalue weighted by Crippen LogP contribution is -2.48. The third kappa shape index (κ3) is 4.95. The molecule has 0 saturated heterocycles. The Morgan fingerprint density at radius 2 is 2.13 bits per heavy atom. The number of benzene rings is 1. The van der Waals surface area contributed by atoms with E-state index in [0.717, 1.165) is 36.0 Å². The number of nitrogens with one attached hydrogen (secondary N) is 1. The van der Waals surface area contributed by atoms with Crippen LogP contribution in [0.5, 0.6) is 5.75 Å². The second-order valence-corrected chi connectivity index (χ2v) is 6.94. The fourth-order valence-corrected chi connectivity index (χ4v) is 3.38. The topological polar surface area (TPSA) is 47.6 Å². The van der Waals surface area contributed by atoms with Crippen molar-refractivity contribution in [2.24, 2.45) is 5.92 Å². The van der Waals surface area contributed by atoms with Crippen LogP contribution in [0.2, 0.25) is 0 Å². The van der Waals surface area contributed by atoms with E-state index in [0.29, 0.717) is 19.1 Å². The molecule has 0 heterocycles. The van der Waals surface area contributed by atoms with E-state index in [1.807, 2.05) is 31.2 Å². The molecule has 1 saturated carbocycles. The van der Waals surface area contributed by atoms with Crippen LogP contribution in [0, 0.1) is 5.92 Å². The molecule has 1 amide bonds. The van der Waals surface area contributed by atoms with Gasteiger partial charge in [0.2, 0.25) is 0 Å². The predicted molar refractivity (Wildman–Crippen MR) is 96.3 cm³/mol. The minimum absolute atomic E-state index is 0.0278. The normalized spacial score (nSPS) is 24.2. The Bertz CT molecular complexity index is 501. The molecular formula is C18H26BrNO3. The fraction of sp³-hybridized carbons (Fsp3) is 0.611. The van der Waals surface area contributed by atoms with Gasteiger partial charge < -0.3 is 14.8 Å². The minimum Gasteiger partial charge on any atom is -0.493 e. The molecule has 4 nitrogen and oxygen atoms in total. The van der Waals surface area contributed by atoms with Crippen molar-refractivity contribution in [1.82, 2.24) is 0 Å². The van der Waals surface area contributed by atoms with Gasteiger partial charge in [-0.2, -0.15) is 0 Å². The van der Waals surface area contributed by atoms with Crippen LogP contribution >= 0.6 is 15.9 Å². The van der Waals surface area contributed by atoms with Gasteiger partial charge in [-0.3, -0.25) is 4.79 Å². The standard InChI is InChI=1S/C18H26BrNO3/c1-3-23-18(10-4-5-14(2)13-18)17(21)20-15-6-8-16(9-7-15)22-12-11-19/h6-9,14H,3-5,10-13H2,1-2H3,(H,20,21). The number of carbonyl (C=O) groups is 1. The molecule has 0 aliphatic heterocycles. The van der Waals surface area contributed by atoms with E-state index in [-0.39, 0.29) is 5.91 Å². The molecule has 2 rings (SSSR count). The van der Waals surface area contributed by atoms with Gasteiger partial charge in [-0.1, -0.05) is 29.3 Å². The van der Waals surface area contributed by atoms with Gasteiger partial charge >= 0.3 is 0 Å². The number of amides is 1. The lowest BCUT2D eigenvalue weighted by Gasteiger charge is -2.38. The maximum Gasteiger partial charge on any atom is 0.256 e. The van der Waals surface area contributed by atoms with E-state index >= 15 is 0 Å². The van der Waals surface area contributed by atoms with Crippen LogP contribution < -0.4 is 10.1 Å². The summed E-state index contributed by atoms with van der Waals surface area (Å²) in [7, 11) is 0. The van der Waals surface area contributed by atoms with E-state index in [4.69, 9.17) is 9.47 Å². The molecule has 1 aromatic carbocycles. The molecule has 5 heteroatoms. The lowest BCUT2D eigenvalue weighted by atomic mass is 9.78. The highest BCUT2D eigenvalue weighted by atomic mass is 79.9. The zero-order chi connectivity index (χ0) is 16.7. The maximum absolute atomic E-state index is 12.8. The third-order valence-electron chi connectivity index (χ3n) is 4.25. The summed E-state index contributed by atoms with van der Waals surface area (Å²) < 4.78 is 11.4. The predicted octanol–water partition coefficient (Wildman–Crippen LogP) is 4.38. The van der Waals surface area contributed by atoms with Gasteiger partial charge in [-0.15, -0.1) is 0 Å². The summed E-state index contributed by atoms with van der Waals surface area (Å²) in [4.78, 5) is 12.8. The van der Waals surface area contributed by atoms with Crippen molar-refractivity contribution in [3.63, 3.8) is 0 Å². The van der Waals surface area contributed by atoms with Gasteiger partial charge in [0.15, 0.2) is 0 Å². The zero-order valence-electron chi connectivity index (χ0n) is 13.9. The van der Waals surface area contributed by atoms with Gasteiger partial charge in [0, 0.05) is 17.6 Å². The average molecular weight is 384 g/mol. The van der Waals surface area contributed by atoms with Crippen LogP contribution in [-0.4, -0.2) is 30.1 Å². The highest BCUT2D eigenvalue weighted by Crippen LogP contribution is 2.36. The van der Waals surface area contributed by atoms with Crippen LogP contribution in [0.4, 0.5) is 5.69 Å². The Morgan fingerprint density at radius 3 is 2.74 bits per heavy atom. The van der Waals surface area contributed by atoms with E-state index in [9.17, 15) is 4.79 Å². The van der Waals surface area contributed by atoms with Crippen LogP contribution in [0.3, 0.4) is 0 Å². The molecule has 1 fully saturated rings. The summed E-state index contributed by atoms with van der Waals surface area (Å²) in [5, 5.41) is 3.80. The van der Waals surface area contributed by atoms with E-state index in [2.05, 4.69) is 28.2 Å². The quantitative estimate of drug-likeness (QED) is 0.710. The van der Waals surface area contributed by atoms with Crippen molar-refractivity contribution >= 4 is 27.5 Å². The Morgan fingerprint density at radius 1 is 1.39 bits per heavy atom. The molecule has 1 N–H and O–H groups in total. The molecule has 0 radical (unpaired) electrons. The molecule has 2 unspecified atom stereocenters. The van der Waals surface area contributed by atoms with Gasteiger partial charge in [0.25, 0.3) is 5.91 Å². The smallest absolute Gasteiger partial charge is 0.256 e. The highest BCUT2D eigenvalue weighted by Gasteiger charge is 2.42. The number of hydrogen-bond acceptors (Lipinski definition) is 3. The lowest BCUT2D eigenvalue weighted by molar-refractivity contribution is -0.147. The minimum atomic E-state index is -0.683. The van der Waals surface area contributed by atoms with Crippen LogP contribution in [0.1, 0.15) is 39.5 Å². The summed E-state index contributed by atoms with van der Waals surface area (Å²) in [6.45, 7) is 5.32. The molecule has 0 spiro atoms. The first kappa shape index (κ1) is 18.3. The second kappa shape index (κ2) is 8.69. The summed E-state index contributed by atoms with van der Waals surface area (Å²) >= 11 is 3.33. The van der Waals surface area contributed by atoms with Crippen LogP contribution in [0.15, 0.2) is 24.3 Å². The van der Waals surface area contributed by atoms with Gasteiger partial charge in [-0.25, -0.2) is 0 Å². The molecule has 2 atom stereocenters. The summed E-state index contributed by atoms with van der Waals surface area (Å²) in [6, 6.07) is 7.48. The maximum atomic E-state index is 12.8. The Labute approximate surface area is 147 Å². The average Bonchev–Trinajstić information content (AvgIpc) is 2.54. The summed E-state index contributed by atoms with van der Waals surface area (Å²) in [5.41, 5.74) is 0.0934. The first-order valence-corrected chi connectivity index (χ1v) is 9.46. The highest BCUT2D eigenvalue weighted by molar-refractivity contribution is 9.09. The van der Waals surface area contributed by atoms with Crippen molar-refractivity contribution in [2.45, 2.75) is 45.1 Å². The molecule has 23 heavy (non-hydrogen) atoms. The van der Waals surface area contributed by atoms with Crippen LogP contribution in [0.25, 0.3) is 0 Å². The molecule has 128 valence electrons. The Balaban J connectivity index is 2.03. The number of halogens is 1. The zero-order valence-corrected chi connectivity index (χ0v) is 15.5. The number of carbonyl (C=O) groups excluding carboxylic acids is 1. The number of rotatable bonds is 7. The molecule has 0 aromatic heterocycles. The van der Waals surface area contributed by atoms with Crippen molar-refractivity contribution in [3.8, 4) is 5.75 Å². The molecule has 1 aliphatic rings. The third-order valence-corrected chi connectivity index (χ3v) is 4.57. The van der Waals surface area contributed by atoms with E-state index in [1.165, 1.54) is 6.42 Å². The summed E-state index contributed by atoms with van der Waals surface area (Å²) in [5.74, 6) is 1.29. The van der Waals surface area contributed by atoms with E-state index in [1.54, 1.807) is 0 Å². The number of alkyl halides is 1. The van der Waals surface area contributed by atoms with Crippen molar-refractivity contribution in [1.29, 1.82) is 0 Å².